The van der Waals surface area contributed by atoms with Gasteiger partial charge in [0.05, 0.1) is 5.52 Å². The molecule has 0 N–H and O–H groups in total. The second-order valence-corrected chi connectivity index (χ2v) is 7.08. The van der Waals surface area contributed by atoms with Gasteiger partial charge in [0.25, 0.3) is 0 Å². The summed E-state index contributed by atoms with van der Waals surface area (Å²) in [5.41, 5.74) is 2.37. The maximum absolute atomic E-state index is 12.7. The predicted molar refractivity (Wildman–Crippen MR) is 100 cm³/mol. The van der Waals surface area contributed by atoms with Crippen molar-refractivity contribution in [1.29, 1.82) is 0 Å². The fourth-order valence-corrected chi connectivity index (χ4v) is 3.94. The molecule has 1 aliphatic heterocycles. The Hall–Kier alpha value is -2.20. The number of hydrogen-bond acceptors (Lipinski definition) is 3. The maximum atomic E-state index is 12.7. The summed E-state index contributed by atoms with van der Waals surface area (Å²) < 4.78 is 0. The average Bonchev–Trinajstić information content (AvgIpc) is 2.69. The van der Waals surface area contributed by atoms with Crippen LogP contribution in [0.4, 0.5) is 0 Å². The molecule has 1 aromatic carbocycles. The number of allylic oxidation sites excluding steroid dienone is 2. The van der Waals surface area contributed by atoms with Crippen molar-refractivity contribution in [2.45, 2.75) is 25.8 Å². The number of rotatable bonds is 3. The highest BCUT2D eigenvalue weighted by Gasteiger charge is 2.27. The van der Waals surface area contributed by atoms with Gasteiger partial charge in [0, 0.05) is 50.2 Å². The summed E-state index contributed by atoms with van der Waals surface area (Å²) in [7, 11) is 0. The third-order valence-electron chi connectivity index (χ3n) is 5.41. The molecule has 0 saturated carbocycles. The van der Waals surface area contributed by atoms with Gasteiger partial charge in [0.1, 0.15) is 0 Å². The normalized spacial score (nSPS) is 21.6. The van der Waals surface area contributed by atoms with Crippen molar-refractivity contribution in [3.05, 3.63) is 54.2 Å². The number of hydrogen-bond donors (Lipinski definition) is 0. The molecule has 2 aromatic rings. The summed E-state index contributed by atoms with van der Waals surface area (Å²) in [6.07, 6.45) is 9.19. The number of para-hydroxylation sites is 1. The highest BCUT2D eigenvalue weighted by molar-refractivity contribution is 5.81. The van der Waals surface area contributed by atoms with E-state index < -0.39 is 0 Å². The van der Waals surface area contributed by atoms with Crippen LogP contribution < -0.4 is 0 Å². The van der Waals surface area contributed by atoms with E-state index in [4.69, 9.17) is 0 Å². The lowest BCUT2D eigenvalue weighted by molar-refractivity contribution is -0.137. The number of fused-ring (bicyclic) bond motifs is 1. The SMILES string of the molecule is O=C(C1CC=CCC1)N1CCN(Cc2cccc3cccnc23)CC1. The molecule has 0 bridgehead atoms. The number of carbonyl (C=O) groups excluding carboxylic acids is 1. The summed E-state index contributed by atoms with van der Waals surface area (Å²) in [5.74, 6) is 0.564. The number of aromatic nitrogens is 1. The number of piperazine rings is 1. The van der Waals surface area contributed by atoms with Crippen molar-refractivity contribution < 1.29 is 4.79 Å². The van der Waals surface area contributed by atoms with Crippen LogP contribution in [0.2, 0.25) is 0 Å². The molecular formula is C21H25N3O. The monoisotopic (exact) mass is 335 g/mol. The minimum absolute atomic E-state index is 0.207. The number of amides is 1. The van der Waals surface area contributed by atoms with Crippen LogP contribution in [0.1, 0.15) is 24.8 Å². The first-order valence-electron chi connectivity index (χ1n) is 9.30. The molecule has 4 rings (SSSR count). The van der Waals surface area contributed by atoms with Gasteiger partial charge >= 0.3 is 0 Å². The largest absolute Gasteiger partial charge is 0.340 e. The van der Waals surface area contributed by atoms with E-state index in [2.05, 4.69) is 51.2 Å². The molecule has 4 heteroatoms. The van der Waals surface area contributed by atoms with E-state index in [-0.39, 0.29) is 5.92 Å². The lowest BCUT2D eigenvalue weighted by Crippen LogP contribution is -2.50. The van der Waals surface area contributed by atoms with E-state index in [1.54, 1.807) is 0 Å². The van der Waals surface area contributed by atoms with E-state index in [9.17, 15) is 4.79 Å². The summed E-state index contributed by atoms with van der Waals surface area (Å²) in [6.45, 7) is 4.48. The zero-order valence-corrected chi connectivity index (χ0v) is 14.6. The third-order valence-corrected chi connectivity index (χ3v) is 5.41. The first-order chi connectivity index (χ1) is 12.3. The van der Waals surface area contributed by atoms with Crippen LogP contribution in [-0.4, -0.2) is 46.9 Å². The van der Waals surface area contributed by atoms with Gasteiger partial charge in [-0.25, -0.2) is 0 Å². The summed E-state index contributed by atoms with van der Waals surface area (Å²) in [5, 5.41) is 1.19. The fourth-order valence-electron chi connectivity index (χ4n) is 3.94. The summed E-state index contributed by atoms with van der Waals surface area (Å²) in [4.78, 5) is 21.7. The Bertz CT molecular complexity index is 772. The lowest BCUT2D eigenvalue weighted by atomic mass is 9.93. The molecule has 0 spiro atoms. The topological polar surface area (TPSA) is 36.4 Å². The van der Waals surface area contributed by atoms with Crippen LogP contribution in [0, 0.1) is 5.92 Å². The summed E-state index contributed by atoms with van der Waals surface area (Å²) in [6, 6.07) is 10.5. The van der Waals surface area contributed by atoms with Crippen LogP contribution in [0.25, 0.3) is 10.9 Å². The highest BCUT2D eigenvalue weighted by atomic mass is 16.2. The van der Waals surface area contributed by atoms with Crippen LogP contribution in [0.3, 0.4) is 0 Å². The van der Waals surface area contributed by atoms with Crippen LogP contribution in [0.5, 0.6) is 0 Å². The first kappa shape index (κ1) is 16.3. The fraction of sp³-hybridized carbons (Fsp3) is 0.429. The second-order valence-electron chi connectivity index (χ2n) is 7.08. The van der Waals surface area contributed by atoms with Gasteiger partial charge in [-0.3, -0.25) is 14.7 Å². The molecule has 4 nitrogen and oxygen atoms in total. The van der Waals surface area contributed by atoms with Gasteiger partial charge < -0.3 is 4.90 Å². The molecular weight excluding hydrogens is 310 g/mol. The Kier molecular flexibility index (Phi) is 4.79. The van der Waals surface area contributed by atoms with Crippen molar-refractivity contribution in [3.8, 4) is 0 Å². The average molecular weight is 335 g/mol. The molecule has 1 aliphatic carbocycles. The van der Waals surface area contributed by atoms with E-state index in [1.807, 2.05) is 12.3 Å². The van der Waals surface area contributed by atoms with Crippen LogP contribution in [0.15, 0.2) is 48.7 Å². The smallest absolute Gasteiger partial charge is 0.226 e. The van der Waals surface area contributed by atoms with Crippen LogP contribution >= 0.6 is 0 Å². The van der Waals surface area contributed by atoms with Gasteiger partial charge in [-0.1, -0.05) is 36.4 Å². The van der Waals surface area contributed by atoms with Crippen LogP contribution in [-0.2, 0) is 11.3 Å². The highest BCUT2D eigenvalue weighted by Crippen LogP contribution is 2.22. The third kappa shape index (κ3) is 3.59. The van der Waals surface area contributed by atoms with E-state index in [0.717, 1.165) is 57.5 Å². The van der Waals surface area contributed by atoms with Gasteiger partial charge in [0.2, 0.25) is 5.91 Å². The molecule has 1 fully saturated rings. The zero-order valence-electron chi connectivity index (χ0n) is 14.6. The van der Waals surface area contributed by atoms with Crippen molar-refractivity contribution in [1.82, 2.24) is 14.8 Å². The Morgan fingerprint density at radius 1 is 1.08 bits per heavy atom. The van der Waals surface area contributed by atoms with E-state index >= 15 is 0 Å². The molecule has 130 valence electrons. The Morgan fingerprint density at radius 3 is 2.72 bits per heavy atom. The quantitative estimate of drug-likeness (QED) is 0.808. The van der Waals surface area contributed by atoms with E-state index in [0.29, 0.717) is 5.91 Å². The number of carbonyl (C=O) groups is 1. The van der Waals surface area contributed by atoms with Gasteiger partial charge in [-0.05, 0) is 30.9 Å². The van der Waals surface area contributed by atoms with Gasteiger partial charge in [-0.2, -0.15) is 0 Å². The second kappa shape index (κ2) is 7.36. The standard InChI is InChI=1S/C21H25N3O/c25-21(18-6-2-1-3-7-18)24-14-12-23(13-15-24)16-19-9-4-8-17-10-5-11-22-20(17)19/h1-2,4-5,8-11,18H,3,6-7,12-16H2. The van der Waals surface area contributed by atoms with Crippen molar-refractivity contribution in [2.75, 3.05) is 26.2 Å². The van der Waals surface area contributed by atoms with Crippen molar-refractivity contribution in [2.24, 2.45) is 5.92 Å². The van der Waals surface area contributed by atoms with E-state index in [1.165, 1.54) is 10.9 Å². The first-order valence-corrected chi connectivity index (χ1v) is 9.30. The molecule has 0 radical (unpaired) electrons. The molecule has 1 atom stereocenters. The Labute approximate surface area is 149 Å². The molecule has 1 aromatic heterocycles. The Balaban J connectivity index is 1.37. The minimum Gasteiger partial charge on any atom is -0.340 e. The number of pyridine rings is 1. The van der Waals surface area contributed by atoms with Crippen molar-refractivity contribution in [3.63, 3.8) is 0 Å². The number of benzene rings is 1. The molecule has 2 aliphatic rings. The molecule has 1 amide bonds. The Morgan fingerprint density at radius 2 is 1.92 bits per heavy atom. The van der Waals surface area contributed by atoms with Gasteiger partial charge in [0.15, 0.2) is 0 Å². The van der Waals surface area contributed by atoms with Crippen molar-refractivity contribution >= 4 is 16.8 Å². The molecule has 1 unspecified atom stereocenters. The summed E-state index contributed by atoms with van der Waals surface area (Å²) >= 11 is 0. The predicted octanol–water partition coefficient (Wildman–Crippen LogP) is 3.24. The molecule has 1 saturated heterocycles. The number of nitrogens with zero attached hydrogens (tertiary/aromatic N) is 3. The zero-order chi connectivity index (χ0) is 17.1. The molecule has 25 heavy (non-hydrogen) atoms. The minimum atomic E-state index is 0.207. The molecule has 2 heterocycles. The lowest BCUT2D eigenvalue weighted by Gasteiger charge is -2.36. The maximum Gasteiger partial charge on any atom is 0.226 e. The van der Waals surface area contributed by atoms with Gasteiger partial charge in [-0.15, -0.1) is 0 Å².